The molecule has 3 aromatic rings. The predicted molar refractivity (Wildman–Crippen MR) is 134 cm³/mol. The lowest BCUT2D eigenvalue weighted by Crippen LogP contribution is -2.48. The Morgan fingerprint density at radius 3 is 2.56 bits per heavy atom. The second-order valence-electron chi connectivity index (χ2n) is 9.50. The molecule has 4 rings (SSSR count). The Balaban J connectivity index is 1.53. The normalized spacial score (nSPS) is 16.3. The largest absolute Gasteiger partial charge is 0.360 e. The van der Waals surface area contributed by atoms with E-state index in [2.05, 4.69) is 20.5 Å². The molecule has 0 radical (unpaired) electrons. The summed E-state index contributed by atoms with van der Waals surface area (Å²) in [6.45, 7) is 4.23. The van der Waals surface area contributed by atoms with Crippen molar-refractivity contribution in [2.24, 2.45) is 0 Å². The number of nitrogens with one attached hydrogen (secondary N) is 1. The van der Waals surface area contributed by atoms with E-state index in [9.17, 15) is 14.0 Å². The minimum Gasteiger partial charge on any atom is -0.360 e. The van der Waals surface area contributed by atoms with E-state index < -0.39 is 18.0 Å². The number of likely N-dealkylation sites (tertiary alicyclic amines) is 1. The number of carbonyl (C=O) groups is 2. The van der Waals surface area contributed by atoms with E-state index in [1.807, 2.05) is 58.3 Å². The number of rotatable bonds is 8. The van der Waals surface area contributed by atoms with Gasteiger partial charge in [0.15, 0.2) is 5.82 Å². The number of hydrogen-bond donors (Lipinski definition) is 1. The van der Waals surface area contributed by atoms with Gasteiger partial charge in [-0.3, -0.25) is 9.59 Å². The van der Waals surface area contributed by atoms with Crippen molar-refractivity contribution in [1.82, 2.24) is 30.2 Å². The summed E-state index contributed by atoms with van der Waals surface area (Å²) < 4.78 is 14.7. The summed E-state index contributed by atoms with van der Waals surface area (Å²) in [4.78, 5) is 35.4. The summed E-state index contributed by atoms with van der Waals surface area (Å²) in [6, 6.07) is 11.5. The molecular formula is C26H32FN7O2. The van der Waals surface area contributed by atoms with Crippen LogP contribution in [0.15, 0.2) is 48.7 Å². The zero-order valence-corrected chi connectivity index (χ0v) is 21.1. The van der Waals surface area contributed by atoms with Crippen molar-refractivity contribution < 1.29 is 14.0 Å². The second kappa shape index (κ2) is 10.8. The number of aromatic nitrogens is 4. The van der Waals surface area contributed by atoms with Crippen LogP contribution >= 0.6 is 0 Å². The van der Waals surface area contributed by atoms with Crippen LogP contribution < -0.4 is 10.2 Å². The van der Waals surface area contributed by atoms with E-state index in [0.717, 1.165) is 5.56 Å². The van der Waals surface area contributed by atoms with E-state index in [0.29, 0.717) is 36.5 Å². The molecule has 10 heteroatoms. The van der Waals surface area contributed by atoms with Gasteiger partial charge in [0.2, 0.25) is 17.8 Å². The van der Waals surface area contributed by atoms with Crippen molar-refractivity contribution >= 4 is 17.6 Å². The van der Waals surface area contributed by atoms with Gasteiger partial charge in [0.05, 0.1) is 17.9 Å². The van der Waals surface area contributed by atoms with E-state index in [-0.39, 0.29) is 24.3 Å². The topological polar surface area (TPSA) is 96.2 Å². The van der Waals surface area contributed by atoms with Gasteiger partial charge in [-0.25, -0.2) is 4.98 Å². The highest BCUT2D eigenvalue weighted by Gasteiger charge is 2.36. The van der Waals surface area contributed by atoms with Crippen molar-refractivity contribution in [2.75, 3.05) is 25.5 Å². The van der Waals surface area contributed by atoms with Crippen molar-refractivity contribution in [3.63, 3.8) is 0 Å². The molecule has 2 atom stereocenters. The predicted octanol–water partition coefficient (Wildman–Crippen LogP) is 2.90. The van der Waals surface area contributed by atoms with Crippen LogP contribution in [0.3, 0.4) is 0 Å². The lowest BCUT2D eigenvalue weighted by Gasteiger charge is -2.27. The molecular weight excluding hydrogens is 461 g/mol. The molecule has 1 saturated heterocycles. The molecule has 1 aromatic carbocycles. The Labute approximate surface area is 210 Å². The molecule has 0 spiro atoms. The Bertz CT molecular complexity index is 1210. The first kappa shape index (κ1) is 25.3. The maximum atomic E-state index is 14.7. The van der Waals surface area contributed by atoms with Crippen LogP contribution in [0.1, 0.15) is 55.5 Å². The summed E-state index contributed by atoms with van der Waals surface area (Å²) in [5.74, 6) is -0.429. The van der Waals surface area contributed by atoms with Gasteiger partial charge in [0.25, 0.3) is 0 Å². The molecule has 1 aliphatic rings. The van der Waals surface area contributed by atoms with Crippen molar-refractivity contribution in [3.8, 4) is 0 Å². The zero-order valence-electron chi connectivity index (χ0n) is 21.1. The summed E-state index contributed by atoms with van der Waals surface area (Å²) in [7, 11) is 3.69. The van der Waals surface area contributed by atoms with E-state index in [1.165, 1.54) is 4.80 Å². The molecule has 0 unspecified atom stereocenters. The highest BCUT2D eigenvalue weighted by Crippen LogP contribution is 2.26. The summed E-state index contributed by atoms with van der Waals surface area (Å²) in [5, 5.41) is 11.5. The first-order valence-electron chi connectivity index (χ1n) is 12.1. The average Bonchev–Trinajstić information content (AvgIpc) is 3.53. The second-order valence-corrected chi connectivity index (χ2v) is 9.50. The molecule has 2 aromatic heterocycles. The summed E-state index contributed by atoms with van der Waals surface area (Å²) in [6.07, 6.45) is 2.84. The SMILES string of the molecule is CC(C)c1ccc([C@@H](NC(=O)[C@@H]2CCCN2C(=O)Cn2ncc(N(C)C)n2)c2ccccc2)nc1F. The Morgan fingerprint density at radius 1 is 1.17 bits per heavy atom. The van der Waals surface area contributed by atoms with Gasteiger partial charge in [-0.2, -0.15) is 14.3 Å². The fourth-order valence-corrected chi connectivity index (χ4v) is 4.38. The third-order valence-corrected chi connectivity index (χ3v) is 6.37. The molecule has 2 amide bonds. The Morgan fingerprint density at radius 2 is 1.92 bits per heavy atom. The molecule has 1 aliphatic heterocycles. The summed E-state index contributed by atoms with van der Waals surface area (Å²) in [5.41, 5.74) is 1.71. The highest BCUT2D eigenvalue weighted by atomic mass is 19.1. The third kappa shape index (κ3) is 5.53. The summed E-state index contributed by atoms with van der Waals surface area (Å²) >= 11 is 0. The number of pyridine rings is 1. The third-order valence-electron chi connectivity index (χ3n) is 6.37. The van der Waals surface area contributed by atoms with Gasteiger partial charge in [-0.05, 0) is 30.4 Å². The minimum absolute atomic E-state index is 0.00698. The molecule has 3 heterocycles. The van der Waals surface area contributed by atoms with Crippen LogP contribution in [-0.2, 0) is 16.1 Å². The van der Waals surface area contributed by atoms with Gasteiger partial charge in [0, 0.05) is 26.2 Å². The first-order valence-corrected chi connectivity index (χ1v) is 12.1. The lowest BCUT2D eigenvalue weighted by atomic mass is 9.99. The number of hydrogen-bond acceptors (Lipinski definition) is 6. The van der Waals surface area contributed by atoms with Crippen molar-refractivity contribution in [2.45, 2.75) is 51.2 Å². The Hall–Kier alpha value is -3.82. The number of halogens is 1. The van der Waals surface area contributed by atoms with Crippen LogP contribution in [0, 0.1) is 5.95 Å². The van der Waals surface area contributed by atoms with Crippen LogP contribution in [0.4, 0.5) is 10.2 Å². The van der Waals surface area contributed by atoms with Crippen LogP contribution in [0.25, 0.3) is 0 Å². The average molecular weight is 494 g/mol. The molecule has 190 valence electrons. The number of anilines is 1. The molecule has 9 nitrogen and oxygen atoms in total. The van der Waals surface area contributed by atoms with Gasteiger partial charge in [-0.1, -0.05) is 50.2 Å². The van der Waals surface area contributed by atoms with Crippen molar-refractivity contribution in [3.05, 3.63) is 71.4 Å². The fourth-order valence-electron chi connectivity index (χ4n) is 4.38. The van der Waals surface area contributed by atoms with Gasteiger partial charge >= 0.3 is 0 Å². The van der Waals surface area contributed by atoms with Crippen molar-refractivity contribution in [1.29, 1.82) is 0 Å². The van der Waals surface area contributed by atoms with E-state index in [4.69, 9.17) is 0 Å². The Kier molecular flexibility index (Phi) is 7.61. The van der Waals surface area contributed by atoms with Crippen LogP contribution in [0.2, 0.25) is 0 Å². The minimum atomic E-state index is -0.651. The lowest BCUT2D eigenvalue weighted by molar-refractivity contribution is -0.139. The number of benzene rings is 1. The smallest absolute Gasteiger partial charge is 0.246 e. The zero-order chi connectivity index (χ0) is 25.8. The standard InChI is InChI=1S/C26H32FN7O2/c1-17(2)19-12-13-20(29-25(19)27)24(18-9-6-5-7-10-18)30-26(36)21-11-8-14-33(21)23(35)16-34-28-15-22(31-34)32(3)4/h5-7,9-10,12-13,15,17,21,24H,8,11,14,16H2,1-4H3,(H,30,36)/t21-,24-/m0/s1. The maximum absolute atomic E-state index is 14.7. The molecule has 0 bridgehead atoms. The van der Waals surface area contributed by atoms with Gasteiger partial charge < -0.3 is 15.1 Å². The number of nitrogens with zero attached hydrogens (tertiary/aromatic N) is 6. The molecule has 36 heavy (non-hydrogen) atoms. The van der Waals surface area contributed by atoms with Crippen LogP contribution in [-0.4, -0.2) is 63.4 Å². The number of amides is 2. The molecule has 0 aliphatic carbocycles. The monoisotopic (exact) mass is 493 g/mol. The maximum Gasteiger partial charge on any atom is 0.246 e. The molecule has 1 fully saturated rings. The van der Waals surface area contributed by atoms with E-state index in [1.54, 1.807) is 28.1 Å². The van der Waals surface area contributed by atoms with Gasteiger partial charge in [0.1, 0.15) is 12.6 Å². The first-order chi connectivity index (χ1) is 17.2. The fraction of sp³-hybridized carbons (Fsp3) is 0.423. The molecule has 0 saturated carbocycles. The highest BCUT2D eigenvalue weighted by molar-refractivity contribution is 5.88. The van der Waals surface area contributed by atoms with Gasteiger partial charge in [-0.15, -0.1) is 5.10 Å². The van der Waals surface area contributed by atoms with E-state index >= 15 is 0 Å². The van der Waals surface area contributed by atoms with Crippen LogP contribution in [0.5, 0.6) is 0 Å². The number of carbonyl (C=O) groups excluding carboxylic acids is 2. The quantitative estimate of drug-likeness (QED) is 0.485. The molecule has 1 N–H and O–H groups in total.